The maximum Gasteiger partial charge on any atom is 0.311 e. The van der Waals surface area contributed by atoms with Crippen LogP contribution < -0.4 is 0 Å². The van der Waals surface area contributed by atoms with Crippen molar-refractivity contribution in [1.82, 2.24) is 0 Å². The third kappa shape index (κ3) is 11.2. The van der Waals surface area contributed by atoms with Crippen molar-refractivity contribution >= 4 is 11.7 Å². The van der Waals surface area contributed by atoms with Gasteiger partial charge in [-0.25, -0.2) is 0 Å². The minimum absolute atomic E-state index is 0.0799. The maximum absolute atomic E-state index is 11.0. The van der Waals surface area contributed by atoms with Crippen molar-refractivity contribution in [3.63, 3.8) is 0 Å². The standard InChI is InChI=1S/C12H23NO3/c1-3-4-5-6-7-15-8-9-16-12(14)10-11(2)13/h13H,3-10H2,1-2H3. The Bertz CT molecular complexity index is 204. The van der Waals surface area contributed by atoms with Gasteiger partial charge in [0.15, 0.2) is 0 Å². The van der Waals surface area contributed by atoms with Gasteiger partial charge < -0.3 is 14.9 Å². The van der Waals surface area contributed by atoms with Gasteiger partial charge in [-0.2, -0.15) is 0 Å². The third-order valence-corrected chi connectivity index (χ3v) is 2.04. The summed E-state index contributed by atoms with van der Waals surface area (Å²) in [4.78, 5) is 11.0. The molecule has 0 radical (unpaired) electrons. The molecule has 0 rings (SSSR count). The number of hydrogen-bond donors (Lipinski definition) is 1. The molecule has 0 aromatic heterocycles. The molecule has 0 atom stereocenters. The van der Waals surface area contributed by atoms with Crippen LogP contribution in [0.1, 0.15) is 46.0 Å². The van der Waals surface area contributed by atoms with E-state index in [-0.39, 0.29) is 12.4 Å². The quantitative estimate of drug-likeness (QED) is 0.356. The van der Waals surface area contributed by atoms with E-state index < -0.39 is 0 Å². The first-order valence-electron chi connectivity index (χ1n) is 5.94. The lowest BCUT2D eigenvalue weighted by molar-refractivity contribution is -0.143. The molecule has 0 aromatic rings. The molecule has 0 saturated carbocycles. The molecule has 0 aliphatic heterocycles. The highest BCUT2D eigenvalue weighted by Gasteiger charge is 2.02. The third-order valence-electron chi connectivity index (χ3n) is 2.04. The zero-order valence-corrected chi connectivity index (χ0v) is 10.4. The van der Waals surface area contributed by atoms with Crippen LogP contribution in [-0.2, 0) is 14.3 Å². The Morgan fingerprint density at radius 2 is 1.88 bits per heavy atom. The van der Waals surface area contributed by atoms with Crippen LogP contribution in [0.25, 0.3) is 0 Å². The van der Waals surface area contributed by atoms with Crippen molar-refractivity contribution in [3.8, 4) is 0 Å². The van der Waals surface area contributed by atoms with Gasteiger partial charge in [-0.05, 0) is 13.3 Å². The molecule has 0 aliphatic carbocycles. The van der Waals surface area contributed by atoms with Gasteiger partial charge in [0, 0.05) is 12.3 Å². The van der Waals surface area contributed by atoms with Gasteiger partial charge >= 0.3 is 5.97 Å². The Hall–Kier alpha value is -0.900. The van der Waals surface area contributed by atoms with Gasteiger partial charge in [0.2, 0.25) is 0 Å². The zero-order valence-electron chi connectivity index (χ0n) is 10.4. The molecule has 16 heavy (non-hydrogen) atoms. The fourth-order valence-corrected chi connectivity index (χ4v) is 1.21. The van der Waals surface area contributed by atoms with Crippen LogP contribution in [0.5, 0.6) is 0 Å². The normalized spacial score (nSPS) is 10.1. The van der Waals surface area contributed by atoms with E-state index in [1.54, 1.807) is 6.92 Å². The van der Waals surface area contributed by atoms with E-state index in [4.69, 9.17) is 14.9 Å². The summed E-state index contributed by atoms with van der Waals surface area (Å²) in [5.74, 6) is -0.345. The molecule has 0 unspecified atom stereocenters. The first-order valence-corrected chi connectivity index (χ1v) is 5.94. The predicted molar refractivity (Wildman–Crippen MR) is 63.9 cm³/mol. The fraction of sp³-hybridized carbons (Fsp3) is 0.833. The van der Waals surface area contributed by atoms with Crippen molar-refractivity contribution in [1.29, 1.82) is 5.41 Å². The lowest BCUT2D eigenvalue weighted by Crippen LogP contribution is -2.13. The molecule has 1 N–H and O–H groups in total. The van der Waals surface area contributed by atoms with E-state index in [9.17, 15) is 4.79 Å². The molecule has 0 fully saturated rings. The van der Waals surface area contributed by atoms with Crippen molar-refractivity contribution < 1.29 is 14.3 Å². The van der Waals surface area contributed by atoms with Crippen LogP contribution in [-0.4, -0.2) is 31.5 Å². The molecule has 0 aromatic carbocycles. The first-order chi connectivity index (χ1) is 7.66. The largest absolute Gasteiger partial charge is 0.463 e. The molecule has 0 aliphatic rings. The summed E-state index contributed by atoms with van der Waals surface area (Å²) in [5.41, 5.74) is 0.325. The average Bonchev–Trinajstić information content (AvgIpc) is 2.21. The second kappa shape index (κ2) is 10.6. The average molecular weight is 229 g/mol. The molecule has 0 saturated heterocycles. The Morgan fingerprint density at radius 1 is 1.12 bits per heavy atom. The molecular formula is C12H23NO3. The monoisotopic (exact) mass is 229 g/mol. The number of rotatable bonds is 10. The van der Waals surface area contributed by atoms with Gasteiger partial charge in [0.05, 0.1) is 13.0 Å². The summed E-state index contributed by atoms with van der Waals surface area (Å²) in [5, 5.41) is 7.10. The Balaban J connectivity index is 3.14. The molecule has 0 spiro atoms. The predicted octanol–water partition coefficient (Wildman–Crippen LogP) is 2.56. The number of esters is 1. The molecular weight excluding hydrogens is 206 g/mol. The van der Waals surface area contributed by atoms with Crippen molar-refractivity contribution in [2.24, 2.45) is 0 Å². The molecule has 4 nitrogen and oxygen atoms in total. The van der Waals surface area contributed by atoms with Crippen LogP contribution >= 0.6 is 0 Å². The van der Waals surface area contributed by atoms with Crippen LogP contribution in [0, 0.1) is 5.41 Å². The number of carbonyl (C=O) groups excluding carboxylic acids is 1. The van der Waals surface area contributed by atoms with Crippen molar-refractivity contribution in [3.05, 3.63) is 0 Å². The van der Waals surface area contributed by atoms with Crippen LogP contribution in [0.3, 0.4) is 0 Å². The summed E-state index contributed by atoms with van der Waals surface area (Å²) in [6.07, 6.45) is 4.82. The molecule has 0 amide bonds. The summed E-state index contributed by atoms with van der Waals surface area (Å²) in [6.45, 7) is 5.24. The van der Waals surface area contributed by atoms with Gasteiger partial charge in [0.1, 0.15) is 6.61 Å². The van der Waals surface area contributed by atoms with E-state index in [2.05, 4.69) is 6.92 Å². The number of ether oxygens (including phenoxy) is 2. The molecule has 4 heteroatoms. The highest BCUT2D eigenvalue weighted by Crippen LogP contribution is 1.98. The van der Waals surface area contributed by atoms with E-state index in [0.717, 1.165) is 13.0 Å². The number of hydrogen-bond acceptors (Lipinski definition) is 4. The zero-order chi connectivity index (χ0) is 12.2. The van der Waals surface area contributed by atoms with Gasteiger partial charge in [-0.3, -0.25) is 4.79 Å². The number of unbranched alkanes of at least 4 members (excludes halogenated alkanes) is 3. The second-order valence-corrected chi connectivity index (χ2v) is 3.85. The smallest absolute Gasteiger partial charge is 0.311 e. The highest BCUT2D eigenvalue weighted by molar-refractivity contribution is 5.95. The van der Waals surface area contributed by atoms with Crippen LogP contribution in [0.15, 0.2) is 0 Å². The Morgan fingerprint density at radius 3 is 2.50 bits per heavy atom. The first kappa shape index (κ1) is 15.1. The van der Waals surface area contributed by atoms with Gasteiger partial charge in [0.25, 0.3) is 0 Å². The van der Waals surface area contributed by atoms with E-state index in [0.29, 0.717) is 18.9 Å². The minimum Gasteiger partial charge on any atom is -0.463 e. The van der Waals surface area contributed by atoms with Gasteiger partial charge in [-0.1, -0.05) is 26.2 Å². The molecule has 94 valence electrons. The Labute approximate surface area is 97.8 Å². The van der Waals surface area contributed by atoms with E-state index in [1.165, 1.54) is 19.3 Å². The second-order valence-electron chi connectivity index (χ2n) is 3.85. The lowest BCUT2D eigenvalue weighted by Gasteiger charge is -2.05. The van der Waals surface area contributed by atoms with E-state index in [1.807, 2.05) is 0 Å². The summed E-state index contributed by atoms with van der Waals surface area (Å²) < 4.78 is 10.2. The molecule has 0 heterocycles. The van der Waals surface area contributed by atoms with Crippen LogP contribution in [0.2, 0.25) is 0 Å². The van der Waals surface area contributed by atoms with E-state index >= 15 is 0 Å². The fourth-order valence-electron chi connectivity index (χ4n) is 1.21. The van der Waals surface area contributed by atoms with Gasteiger partial charge in [-0.15, -0.1) is 0 Å². The minimum atomic E-state index is -0.345. The highest BCUT2D eigenvalue weighted by atomic mass is 16.6. The number of carbonyl (C=O) groups is 1. The Kier molecular flexibility index (Phi) is 10.0. The maximum atomic E-state index is 11.0. The SMILES string of the molecule is CCCCCCOCCOC(=O)CC(C)=N. The summed E-state index contributed by atoms with van der Waals surface area (Å²) >= 11 is 0. The number of nitrogens with one attached hydrogen (secondary N) is 1. The van der Waals surface area contributed by atoms with Crippen molar-refractivity contribution in [2.75, 3.05) is 19.8 Å². The van der Waals surface area contributed by atoms with Crippen molar-refractivity contribution in [2.45, 2.75) is 46.0 Å². The molecule has 0 bridgehead atoms. The lowest BCUT2D eigenvalue weighted by atomic mass is 10.2. The summed E-state index contributed by atoms with van der Waals surface area (Å²) in [6, 6.07) is 0. The topological polar surface area (TPSA) is 59.4 Å². The summed E-state index contributed by atoms with van der Waals surface area (Å²) in [7, 11) is 0. The van der Waals surface area contributed by atoms with Crippen LogP contribution in [0.4, 0.5) is 0 Å².